The number of alkyl halides is 2. The number of hydrogen-bond acceptors (Lipinski definition) is 3. The van der Waals surface area contributed by atoms with Crippen LogP contribution >= 0.6 is 0 Å². The van der Waals surface area contributed by atoms with Crippen LogP contribution in [0.2, 0.25) is 0 Å². The Morgan fingerprint density at radius 2 is 2.00 bits per heavy atom. The second-order valence-corrected chi connectivity index (χ2v) is 4.07. The van der Waals surface area contributed by atoms with Gasteiger partial charge in [0.15, 0.2) is 0 Å². The minimum atomic E-state index is -2.78. The van der Waals surface area contributed by atoms with E-state index in [1.807, 2.05) is 13.8 Å². The normalized spacial score (nSPS) is 13.2. The number of rotatable bonds is 8. The lowest BCUT2D eigenvalue weighted by atomic mass is 10.1. The first-order valence-electron chi connectivity index (χ1n) is 5.37. The molecule has 1 unspecified atom stereocenters. The van der Waals surface area contributed by atoms with Gasteiger partial charge in [-0.1, -0.05) is 13.8 Å². The highest BCUT2D eigenvalue weighted by atomic mass is 19.3. The monoisotopic (exact) mass is 238 g/mol. The van der Waals surface area contributed by atoms with Crippen LogP contribution in [0.1, 0.15) is 20.3 Å². The van der Waals surface area contributed by atoms with Crippen molar-refractivity contribution in [1.29, 1.82) is 0 Å². The fourth-order valence-corrected chi connectivity index (χ4v) is 0.985. The van der Waals surface area contributed by atoms with Gasteiger partial charge in [0, 0.05) is 13.1 Å². The Morgan fingerprint density at radius 1 is 1.38 bits per heavy atom. The smallest absolute Gasteiger partial charge is 0.265 e. The van der Waals surface area contributed by atoms with Gasteiger partial charge in [0.05, 0.1) is 6.54 Å². The van der Waals surface area contributed by atoms with Gasteiger partial charge in [-0.25, -0.2) is 8.78 Å². The molecule has 0 bridgehead atoms. The molecule has 0 saturated carbocycles. The molecule has 0 heterocycles. The van der Waals surface area contributed by atoms with Gasteiger partial charge in [0.1, 0.15) is 6.10 Å². The number of aliphatic hydroxyl groups excluding tert-OH is 1. The maximum Gasteiger partial charge on any atom is 0.265 e. The molecule has 4 nitrogen and oxygen atoms in total. The van der Waals surface area contributed by atoms with Crippen molar-refractivity contribution in [2.24, 2.45) is 5.92 Å². The van der Waals surface area contributed by atoms with Crippen LogP contribution in [0.5, 0.6) is 0 Å². The average Bonchev–Trinajstić information content (AvgIpc) is 2.16. The van der Waals surface area contributed by atoms with Gasteiger partial charge >= 0.3 is 0 Å². The minimum absolute atomic E-state index is 0.0537. The van der Waals surface area contributed by atoms with Crippen LogP contribution in [0.3, 0.4) is 0 Å². The summed E-state index contributed by atoms with van der Waals surface area (Å²) in [6.45, 7) is 4.33. The third kappa shape index (κ3) is 8.55. The average molecular weight is 238 g/mol. The van der Waals surface area contributed by atoms with E-state index in [-0.39, 0.29) is 19.0 Å². The van der Waals surface area contributed by atoms with Crippen molar-refractivity contribution >= 4 is 5.91 Å². The van der Waals surface area contributed by atoms with Gasteiger partial charge in [-0.15, -0.1) is 0 Å². The van der Waals surface area contributed by atoms with E-state index in [0.29, 0.717) is 12.5 Å². The Balaban J connectivity index is 3.44. The fourth-order valence-electron chi connectivity index (χ4n) is 0.985. The number of halogens is 2. The van der Waals surface area contributed by atoms with Crippen LogP contribution in [-0.2, 0) is 4.79 Å². The predicted molar refractivity (Wildman–Crippen MR) is 57.3 cm³/mol. The summed E-state index contributed by atoms with van der Waals surface area (Å²) in [6, 6.07) is 0. The first-order valence-corrected chi connectivity index (χ1v) is 5.37. The minimum Gasteiger partial charge on any atom is -0.386 e. The van der Waals surface area contributed by atoms with Crippen molar-refractivity contribution < 1.29 is 18.7 Å². The van der Waals surface area contributed by atoms with Gasteiger partial charge in [0.25, 0.3) is 6.43 Å². The van der Waals surface area contributed by atoms with E-state index in [2.05, 4.69) is 10.6 Å². The molecule has 0 rings (SSSR count). The summed E-state index contributed by atoms with van der Waals surface area (Å²) >= 11 is 0. The largest absolute Gasteiger partial charge is 0.386 e. The standard InChI is InChI=1S/C10H20F2N2O2/c1-7(2)3-4-14-9(16)6-13-5-8(15)10(11)12/h7-8,10,13,15H,3-6H2,1-2H3,(H,14,16). The molecule has 6 heteroatoms. The lowest BCUT2D eigenvalue weighted by Gasteiger charge is -2.11. The van der Waals surface area contributed by atoms with Gasteiger partial charge in [-0.05, 0) is 12.3 Å². The lowest BCUT2D eigenvalue weighted by Crippen LogP contribution is -2.39. The molecule has 0 saturated heterocycles. The molecular weight excluding hydrogens is 218 g/mol. The summed E-state index contributed by atoms with van der Waals surface area (Å²) in [5, 5.41) is 13.9. The molecule has 0 aromatic heterocycles. The Hall–Kier alpha value is -0.750. The first-order chi connectivity index (χ1) is 7.43. The predicted octanol–water partition coefficient (Wildman–Crippen LogP) is 0.364. The topological polar surface area (TPSA) is 61.4 Å². The molecule has 0 spiro atoms. The van der Waals surface area contributed by atoms with Crippen molar-refractivity contribution in [3.8, 4) is 0 Å². The number of nitrogens with one attached hydrogen (secondary N) is 2. The maximum absolute atomic E-state index is 11.9. The van der Waals surface area contributed by atoms with E-state index in [1.54, 1.807) is 0 Å². The summed E-state index contributed by atoms with van der Waals surface area (Å²) in [4.78, 5) is 11.1. The molecule has 0 fully saturated rings. The molecular formula is C10H20F2N2O2. The number of aliphatic hydroxyl groups is 1. The number of amides is 1. The van der Waals surface area contributed by atoms with Crippen LogP contribution in [0.25, 0.3) is 0 Å². The van der Waals surface area contributed by atoms with Crippen molar-refractivity contribution in [2.45, 2.75) is 32.8 Å². The number of carbonyl (C=O) groups excluding carboxylic acids is 1. The SMILES string of the molecule is CC(C)CCNC(=O)CNCC(O)C(F)F. The molecule has 16 heavy (non-hydrogen) atoms. The second kappa shape index (κ2) is 8.41. The molecule has 0 aliphatic heterocycles. The Morgan fingerprint density at radius 3 is 2.50 bits per heavy atom. The van der Waals surface area contributed by atoms with Crippen LogP contribution in [0.15, 0.2) is 0 Å². The van der Waals surface area contributed by atoms with Crippen molar-refractivity contribution in [3.05, 3.63) is 0 Å². The second-order valence-electron chi connectivity index (χ2n) is 4.07. The van der Waals surface area contributed by atoms with Crippen LogP contribution < -0.4 is 10.6 Å². The van der Waals surface area contributed by atoms with Gasteiger partial charge in [-0.3, -0.25) is 4.79 Å². The lowest BCUT2D eigenvalue weighted by molar-refractivity contribution is -0.120. The summed E-state index contributed by atoms with van der Waals surface area (Å²) < 4.78 is 23.7. The number of hydrogen-bond donors (Lipinski definition) is 3. The van der Waals surface area contributed by atoms with Crippen molar-refractivity contribution in [1.82, 2.24) is 10.6 Å². The van der Waals surface area contributed by atoms with E-state index < -0.39 is 12.5 Å². The number of carbonyl (C=O) groups is 1. The molecule has 3 N–H and O–H groups in total. The maximum atomic E-state index is 11.9. The van der Waals surface area contributed by atoms with E-state index in [1.165, 1.54) is 0 Å². The molecule has 96 valence electrons. The van der Waals surface area contributed by atoms with E-state index >= 15 is 0 Å². The highest BCUT2D eigenvalue weighted by Gasteiger charge is 2.16. The zero-order valence-electron chi connectivity index (χ0n) is 9.67. The molecule has 1 amide bonds. The highest BCUT2D eigenvalue weighted by molar-refractivity contribution is 5.77. The molecule has 0 aromatic carbocycles. The highest BCUT2D eigenvalue weighted by Crippen LogP contribution is 1.98. The molecule has 0 radical (unpaired) electrons. The summed E-state index contributed by atoms with van der Waals surface area (Å²) in [6.07, 6.45) is -3.62. The van der Waals surface area contributed by atoms with Crippen molar-refractivity contribution in [2.75, 3.05) is 19.6 Å². The summed E-state index contributed by atoms with van der Waals surface area (Å²) in [5.41, 5.74) is 0. The van der Waals surface area contributed by atoms with E-state index in [0.717, 1.165) is 6.42 Å². The Kier molecular flexibility index (Phi) is 8.01. The zero-order valence-corrected chi connectivity index (χ0v) is 9.67. The van der Waals surface area contributed by atoms with Crippen LogP contribution in [-0.4, -0.2) is 43.2 Å². The quantitative estimate of drug-likeness (QED) is 0.572. The Labute approximate surface area is 94.4 Å². The molecule has 1 atom stereocenters. The van der Waals surface area contributed by atoms with E-state index in [9.17, 15) is 13.6 Å². The summed E-state index contributed by atoms with van der Waals surface area (Å²) in [5.74, 6) is 0.260. The van der Waals surface area contributed by atoms with Gasteiger partial charge < -0.3 is 15.7 Å². The first kappa shape index (κ1) is 15.2. The molecule has 0 aliphatic rings. The van der Waals surface area contributed by atoms with Gasteiger partial charge in [0.2, 0.25) is 5.91 Å². The molecule has 0 aromatic rings. The van der Waals surface area contributed by atoms with Crippen LogP contribution in [0, 0.1) is 5.92 Å². The van der Waals surface area contributed by atoms with Crippen molar-refractivity contribution in [3.63, 3.8) is 0 Å². The Bertz CT molecular complexity index is 201. The third-order valence-corrected chi connectivity index (χ3v) is 1.97. The van der Waals surface area contributed by atoms with Gasteiger partial charge in [-0.2, -0.15) is 0 Å². The zero-order chi connectivity index (χ0) is 12.6. The molecule has 0 aliphatic carbocycles. The van der Waals surface area contributed by atoms with Crippen LogP contribution in [0.4, 0.5) is 8.78 Å². The third-order valence-electron chi connectivity index (χ3n) is 1.97. The fraction of sp³-hybridized carbons (Fsp3) is 0.900. The summed E-state index contributed by atoms with van der Waals surface area (Å²) in [7, 11) is 0. The van der Waals surface area contributed by atoms with E-state index in [4.69, 9.17) is 5.11 Å².